The fourth-order valence-corrected chi connectivity index (χ4v) is 5.41. The first-order chi connectivity index (χ1) is 12.9. The Kier molecular flexibility index (Phi) is 6.04. The van der Waals surface area contributed by atoms with Crippen LogP contribution in [-0.2, 0) is 20.9 Å². The molecule has 148 valence electrons. The van der Waals surface area contributed by atoms with Gasteiger partial charge in [-0.15, -0.1) is 11.3 Å². The van der Waals surface area contributed by atoms with Crippen LogP contribution in [0.3, 0.4) is 0 Å². The zero-order valence-corrected chi connectivity index (χ0v) is 16.5. The van der Waals surface area contributed by atoms with E-state index in [1.807, 2.05) is 0 Å². The number of anilines is 1. The summed E-state index contributed by atoms with van der Waals surface area (Å²) in [5, 5.41) is 2.71. The van der Waals surface area contributed by atoms with Crippen molar-refractivity contribution in [1.82, 2.24) is 5.32 Å². The molecule has 0 aromatic carbocycles. The van der Waals surface area contributed by atoms with Crippen molar-refractivity contribution in [1.29, 1.82) is 0 Å². The van der Waals surface area contributed by atoms with E-state index in [2.05, 4.69) is 5.32 Å². The van der Waals surface area contributed by atoms with Crippen molar-refractivity contribution in [3.63, 3.8) is 0 Å². The Morgan fingerprint density at radius 1 is 1.22 bits per heavy atom. The molecule has 27 heavy (non-hydrogen) atoms. The van der Waals surface area contributed by atoms with Crippen LogP contribution in [0.15, 0.2) is 0 Å². The van der Waals surface area contributed by atoms with E-state index in [9.17, 15) is 14.4 Å². The quantitative estimate of drug-likeness (QED) is 0.689. The van der Waals surface area contributed by atoms with Crippen LogP contribution in [0.1, 0.15) is 64.6 Å². The van der Waals surface area contributed by atoms with E-state index in [4.69, 9.17) is 15.2 Å². The largest absolute Gasteiger partial charge is 0.462 e. The predicted octanol–water partition coefficient (Wildman–Crippen LogP) is 2.74. The highest BCUT2D eigenvalue weighted by Crippen LogP contribution is 2.49. The molecule has 1 heterocycles. The Morgan fingerprint density at radius 2 is 2.00 bits per heavy atom. The molecule has 0 saturated heterocycles. The molecule has 2 fully saturated rings. The van der Waals surface area contributed by atoms with E-state index >= 15 is 0 Å². The van der Waals surface area contributed by atoms with Gasteiger partial charge in [0.1, 0.15) is 22.0 Å². The molecule has 7 nitrogen and oxygen atoms in total. The lowest BCUT2D eigenvalue weighted by atomic mass is 9.86. The van der Waals surface area contributed by atoms with E-state index in [-0.39, 0.29) is 40.5 Å². The van der Waals surface area contributed by atoms with Crippen LogP contribution < -0.4 is 11.1 Å². The first-order valence-electron chi connectivity index (χ1n) is 9.40. The summed E-state index contributed by atoms with van der Waals surface area (Å²) in [4.78, 5) is 37.0. The second kappa shape index (κ2) is 8.29. The standard InChI is InChI=1S/C19H26N2O5S/c1-3-25-19(24)15-13(16(18(23)21-2)27-17(15)20)9-26-14(22)8-12-7-10-4-5-11(12)6-10/h10-12H,3-9,20H2,1-2H3,(H,21,23)/t10-,11-,12-/m1/s1. The molecule has 0 aliphatic heterocycles. The molecular weight excluding hydrogens is 368 g/mol. The van der Waals surface area contributed by atoms with Gasteiger partial charge in [-0.2, -0.15) is 0 Å². The third kappa shape index (κ3) is 4.10. The van der Waals surface area contributed by atoms with Gasteiger partial charge in [-0.25, -0.2) is 4.79 Å². The van der Waals surface area contributed by atoms with Crippen LogP contribution in [0.5, 0.6) is 0 Å². The van der Waals surface area contributed by atoms with E-state index in [1.54, 1.807) is 6.92 Å². The van der Waals surface area contributed by atoms with Gasteiger partial charge >= 0.3 is 11.9 Å². The SMILES string of the molecule is CCOC(=O)c1c(N)sc(C(=O)NC)c1COC(=O)C[C@H]1C[C@@H]2CC[C@@H]1C2. The average molecular weight is 394 g/mol. The molecule has 2 saturated carbocycles. The summed E-state index contributed by atoms with van der Waals surface area (Å²) < 4.78 is 10.5. The summed E-state index contributed by atoms with van der Waals surface area (Å²) in [7, 11) is 1.49. The maximum absolute atomic E-state index is 12.3. The van der Waals surface area contributed by atoms with Crippen LogP contribution in [0.25, 0.3) is 0 Å². The van der Waals surface area contributed by atoms with Gasteiger partial charge in [0, 0.05) is 19.0 Å². The van der Waals surface area contributed by atoms with Gasteiger partial charge in [0.05, 0.1) is 6.61 Å². The average Bonchev–Trinajstić information content (AvgIpc) is 3.33. The van der Waals surface area contributed by atoms with Gasteiger partial charge in [-0.3, -0.25) is 9.59 Å². The summed E-state index contributed by atoms with van der Waals surface area (Å²) >= 11 is 0.996. The minimum Gasteiger partial charge on any atom is -0.462 e. The molecule has 2 bridgehead atoms. The fraction of sp³-hybridized carbons (Fsp3) is 0.632. The van der Waals surface area contributed by atoms with Crippen molar-refractivity contribution in [2.45, 2.75) is 45.6 Å². The van der Waals surface area contributed by atoms with Crippen molar-refractivity contribution >= 4 is 34.2 Å². The molecule has 2 aliphatic carbocycles. The topological polar surface area (TPSA) is 108 Å². The molecule has 8 heteroatoms. The summed E-state index contributed by atoms with van der Waals surface area (Å²) in [6.07, 6.45) is 5.21. The smallest absolute Gasteiger partial charge is 0.341 e. The van der Waals surface area contributed by atoms with Gasteiger partial charge in [0.25, 0.3) is 5.91 Å². The third-order valence-corrected chi connectivity index (χ3v) is 6.70. The Hall–Kier alpha value is -2.09. The number of nitrogen functional groups attached to an aromatic ring is 1. The molecule has 1 amide bonds. The van der Waals surface area contributed by atoms with Gasteiger partial charge in [0.15, 0.2) is 0 Å². The molecule has 2 aliphatic rings. The van der Waals surface area contributed by atoms with Gasteiger partial charge in [-0.1, -0.05) is 6.42 Å². The number of hydrogen-bond donors (Lipinski definition) is 2. The third-order valence-electron chi connectivity index (χ3n) is 5.64. The lowest BCUT2D eigenvalue weighted by molar-refractivity contribution is -0.146. The highest BCUT2D eigenvalue weighted by molar-refractivity contribution is 7.18. The van der Waals surface area contributed by atoms with Crippen molar-refractivity contribution in [3.05, 3.63) is 16.0 Å². The van der Waals surface area contributed by atoms with E-state index in [1.165, 1.54) is 26.3 Å². The number of amides is 1. The number of nitrogens with one attached hydrogen (secondary N) is 1. The maximum atomic E-state index is 12.3. The van der Waals surface area contributed by atoms with E-state index < -0.39 is 5.97 Å². The van der Waals surface area contributed by atoms with Crippen molar-refractivity contribution in [2.24, 2.45) is 17.8 Å². The highest BCUT2D eigenvalue weighted by Gasteiger charge is 2.40. The summed E-state index contributed by atoms with van der Waals surface area (Å²) in [6, 6.07) is 0. The number of hydrogen-bond acceptors (Lipinski definition) is 7. The number of rotatable bonds is 7. The number of nitrogens with two attached hydrogens (primary N) is 1. The van der Waals surface area contributed by atoms with Crippen LogP contribution in [-0.4, -0.2) is 31.5 Å². The minimum absolute atomic E-state index is 0.119. The van der Waals surface area contributed by atoms with Crippen LogP contribution in [0, 0.1) is 17.8 Å². The van der Waals surface area contributed by atoms with Crippen LogP contribution in [0.2, 0.25) is 0 Å². The van der Waals surface area contributed by atoms with Crippen molar-refractivity contribution < 1.29 is 23.9 Å². The monoisotopic (exact) mass is 394 g/mol. The zero-order chi connectivity index (χ0) is 19.6. The van der Waals surface area contributed by atoms with Gasteiger partial charge < -0.3 is 20.5 Å². The molecule has 1 aromatic rings. The van der Waals surface area contributed by atoms with Gasteiger partial charge in [0.2, 0.25) is 0 Å². The Labute approximate surface area is 162 Å². The molecule has 3 N–H and O–H groups in total. The highest BCUT2D eigenvalue weighted by atomic mass is 32.1. The molecule has 0 spiro atoms. The summed E-state index contributed by atoms with van der Waals surface area (Å²) in [5.41, 5.74) is 6.38. The Bertz CT molecular complexity index is 745. The van der Waals surface area contributed by atoms with Crippen LogP contribution in [0.4, 0.5) is 5.00 Å². The molecular formula is C19H26N2O5S. The number of carbonyl (C=O) groups is 3. The van der Waals surface area contributed by atoms with Crippen molar-refractivity contribution in [2.75, 3.05) is 19.4 Å². The van der Waals surface area contributed by atoms with E-state index in [0.717, 1.165) is 23.7 Å². The molecule has 3 atom stereocenters. The first kappa shape index (κ1) is 19.7. The molecule has 1 aromatic heterocycles. The lowest BCUT2D eigenvalue weighted by Crippen LogP contribution is -2.21. The molecule has 3 rings (SSSR count). The van der Waals surface area contributed by atoms with Gasteiger partial charge in [-0.05, 0) is 43.9 Å². The number of esters is 2. The number of thiophene rings is 1. The summed E-state index contributed by atoms with van der Waals surface area (Å²) in [6.45, 7) is 1.71. The fourth-order valence-electron chi connectivity index (χ4n) is 4.40. The maximum Gasteiger partial charge on any atom is 0.341 e. The zero-order valence-electron chi connectivity index (χ0n) is 15.7. The second-order valence-corrected chi connectivity index (χ2v) is 8.30. The number of carbonyl (C=O) groups excluding carboxylic acids is 3. The lowest BCUT2D eigenvalue weighted by Gasteiger charge is -2.20. The predicted molar refractivity (Wildman–Crippen MR) is 101 cm³/mol. The number of ether oxygens (including phenoxy) is 2. The van der Waals surface area contributed by atoms with E-state index in [0.29, 0.717) is 23.8 Å². The Morgan fingerprint density at radius 3 is 2.59 bits per heavy atom. The number of fused-ring (bicyclic) bond motifs is 2. The van der Waals surface area contributed by atoms with Crippen molar-refractivity contribution in [3.8, 4) is 0 Å². The second-order valence-electron chi connectivity index (χ2n) is 7.25. The first-order valence-corrected chi connectivity index (χ1v) is 10.2. The minimum atomic E-state index is -0.611. The normalized spacial score (nSPS) is 23.3. The summed E-state index contributed by atoms with van der Waals surface area (Å²) in [5.74, 6) is 0.513. The molecule has 0 unspecified atom stereocenters. The van der Waals surface area contributed by atoms with Crippen LogP contribution >= 0.6 is 11.3 Å². The molecule has 0 radical (unpaired) electrons. The Balaban J connectivity index is 1.71.